The van der Waals surface area contributed by atoms with Crippen molar-refractivity contribution >= 4 is 34.6 Å². The van der Waals surface area contributed by atoms with E-state index in [1.165, 1.54) is 0 Å². The lowest BCUT2D eigenvalue weighted by Gasteiger charge is -2.16. The number of ether oxygens (including phenoxy) is 1. The summed E-state index contributed by atoms with van der Waals surface area (Å²) in [5.41, 5.74) is 1.61. The molecule has 6 nitrogen and oxygen atoms in total. The summed E-state index contributed by atoms with van der Waals surface area (Å²) < 4.78 is 5.91. The molecule has 0 radical (unpaired) electrons. The highest BCUT2D eigenvalue weighted by Crippen LogP contribution is 2.38. The smallest absolute Gasteiger partial charge is 0.319 e. The van der Waals surface area contributed by atoms with Gasteiger partial charge in [0.15, 0.2) is 5.75 Å². The zero-order chi connectivity index (χ0) is 18.8. The minimum Gasteiger partial charge on any atom is -0.454 e. The molecule has 1 aliphatic rings. The quantitative estimate of drug-likeness (QED) is 0.706. The van der Waals surface area contributed by atoms with Gasteiger partial charge in [-0.2, -0.15) is 0 Å². The second kappa shape index (κ2) is 7.13. The Morgan fingerprint density at radius 3 is 2.78 bits per heavy atom. The molecule has 0 unspecified atom stereocenters. The van der Waals surface area contributed by atoms with Crippen molar-refractivity contribution in [1.29, 1.82) is 0 Å². The van der Waals surface area contributed by atoms with Crippen molar-refractivity contribution in [3.05, 3.63) is 70.4 Å². The van der Waals surface area contributed by atoms with Crippen LogP contribution in [0.2, 0.25) is 0 Å². The number of para-hydroxylation sites is 2. The minimum atomic E-state index is -0.332. The maximum Gasteiger partial charge on any atom is 0.319 e. The average molecular weight is 379 g/mol. The van der Waals surface area contributed by atoms with Gasteiger partial charge in [0.25, 0.3) is 5.91 Å². The van der Waals surface area contributed by atoms with Gasteiger partial charge in [0.05, 0.1) is 17.8 Å². The highest BCUT2D eigenvalue weighted by Gasteiger charge is 2.25. The van der Waals surface area contributed by atoms with Gasteiger partial charge >= 0.3 is 6.03 Å². The topological polar surface area (TPSA) is 70.7 Å². The zero-order valence-corrected chi connectivity index (χ0v) is 15.4. The van der Waals surface area contributed by atoms with Crippen molar-refractivity contribution in [1.82, 2.24) is 5.32 Å². The average Bonchev–Trinajstić information content (AvgIpc) is 3.17. The summed E-state index contributed by atoms with van der Waals surface area (Å²) in [7, 11) is 1.70. The Hall–Kier alpha value is -3.32. The number of hydrogen-bond donors (Lipinski definition) is 2. The molecule has 1 aliphatic heterocycles. The van der Waals surface area contributed by atoms with Crippen molar-refractivity contribution in [2.24, 2.45) is 0 Å². The van der Waals surface area contributed by atoms with E-state index in [4.69, 9.17) is 4.74 Å². The summed E-state index contributed by atoms with van der Waals surface area (Å²) in [6, 6.07) is 16.0. The van der Waals surface area contributed by atoms with Gasteiger partial charge in [0.2, 0.25) is 0 Å². The molecule has 27 heavy (non-hydrogen) atoms. The highest BCUT2D eigenvalue weighted by molar-refractivity contribution is 7.09. The number of anilines is 2. The Morgan fingerprint density at radius 2 is 1.96 bits per heavy atom. The summed E-state index contributed by atoms with van der Waals surface area (Å²) >= 11 is 1.58. The molecule has 0 fully saturated rings. The number of carbonyl (C=O) groups excluding carboxylic acids is 2. The van der Waals surface area contributed by atoms with Crippen LogP contribution in [0.15, 0.2) is 60.0 Å². The van der Waals surface area contributed by atoms with Crippen molar-refractivity contribution in [3.8, 4) is 11.5 Å². The van der Waals surface area contributed by atoms with E-state index in [1.807, 2.05) is 41.8 Å². The third-order valence-corrected chi connectivity index (χ3v) is 5.10. The minimum absolute atomic E-state index is 0.197. The Bertz CT molecular complexity index is 1000. The molecule has 2 aromatic carbocycles. The number of amides is 3. The molecule has 0 saturated carbocycles. The van der Waals surface area contributed by atoms with Crippen LogP contribution in [0, 0.1) is 0 Å². The highest BCUT2D eigenvalue weighted by atomic mass is 32.1. The van der Waals surface area contributed by atoms with Crippen LogP contribution in [0.25, 0.3) is 0 Å². The molecule has 0 aliphatic carbocycles. The lowest BCUT2D eigenvalue weighted by Crippen LogP contribution is -2.28. The van der Waals surface area contributed by atoms with Gasteiger partial charge in [-0.05, 0) is 41.8 Å². The number of nitrogens with one attached hydrogen (secondary N) is 2. The maximum absolute atomic E-state index is 12.8. The van der Waals surface area contributed by atoms with E-state index in [9.17, 15) is 9.59 Å². The van der Waals surface area contributed by atoms with Crippen LogP contribution in [0.3, 0.4) is 0 Å². The van der Waals surface area contributed by atoms with Gasteiger partial charge in [-0.1, -0.05) is 18.2 Å². The van der Waals surface area contributed by atoms with Crippen molar-refractivity contribution in [3.63, 3.8) is 0 Å². The second-order valence-electron chi connectivity index (χ2n) is 6.03. The van der Waals surface area contributed by atoms with E-state index in [0.29, 0.717) is 35.0 Å². The van der Waals surface area contributed by atoms with Crippen LogP contribution in [0.1, 0.15) is 15.2 Å². The number of rotatable bonds is 3. The normalized spacial score (nSPS) is 12.5. The molecule has 0 saturated heterocycles. The fourth-order valence-corrected chi connectivity index (χ4v) is 3.49. The number of fused-ring (bicyclic) bond motifs is 2. The van der Waals surface area contributed by atoms with Gasteiger partial charge < -0.3 is 20.3 Å². The van der Waals surface area contributed by atoms with Crippen LogP contribution in [-0.2, 0) is 6.54 Å². The van der Waals surface area contributed by atoms with Crippen LogP contribution in [0.4, 0.5) is 16.2 Å². The molecule has 1 aromatic heterocycles. The molecular weight excluding hydrogens is 362 g/mol. The number of thiophene rings is 1. The summed E-state index contributed by atoms with van der Waals surface area (Å²) in [6.07, 6.45) is 0. The molecule has 7 heteroatoms. The Balaban J connectivity index is 1.53. The van der Waals surface area contributed by atoms with Crippen LogP contribution in [0.5, 0.6) is 11.5 Å². The number of benzene rings is 2. The van der Waals surface area contributed by atoms with Crippen LogP contribution >= 0.6 is 11.3 Å². The van der Waals surface area contributed by atoms with E-state index in [2.05, 4.69) is 10.6 Å². The summed E-state index contributed by atoms with van der Waals surface area (Å²) in [4.78, 5) is 27.6. The lowest BCUT2D eigenvalue weighted by atomic mass is 10.1. The number of hydrogen-bond acceptors (Lipinski definition) is 4. The van der Waals surface area contributed by atoms with Crippen LogP contribution in [-0.4, -0.2) is 19.0 Å². The first-order chi connectivity index (χ1) is 13.1. The monoisotopic (exact) mass is 379 g/mol. The first-order valence-electron chi connectivity index (χ1n) is 8.38. The van der Waals surface area contributed by atoms with Gasteiger partial charge in [-0.15, -0.1) is 11.3 Å². The van der Waals surface area contributed by atoms with E-state index in [1.54, 1.807) is 41.5 Å². The standard InChI is InChI=1S/C20H17N3O3S/c1-23-16-6-2-3-7-18(16)26-17-9-8-13(11-15(17)19(23)24)22-20(25)21-12-14-5-4-10-27-14/h2-11H,12H2,1H3,(H2,21,22,25). The van der Waals surface area contributed by atoms with Crippen molar-refractivity contribution in [2.75, 3.05) is 17.3 Å². The van der Waals surface area contributed by atoms with E-state index in [-0.39, 0.29) is 11.9 Å². The van der Waals surface area contributed by atoms with Gasteiger partial charge in [0, 0.05) is 17.6 Å². The maximum atomic E-state index is 12.8. The second-order valence-corrected chi connectivity index (χ2v) is 7.06. The predicted octanol–water partition coefficient (Wildman–Crippen LogP) is 4.45. The summed E-state index contributed by atoms with van der Waals surface area (Å²) in [6.45, 7) is 0.453. The van der Waals surface area contributed by atoms with Crippen molar-refractivity contribution in [2.45, 2.75) is 6.54 Å². The number of urea groups is 1. The van der Waals surface area contributed by atoms with Gasteiger partial charge in [-0.3, -0.25) is 4.79 Å². The third-order valence-electron chi connectivity index (χ3n) is 4.22. The van der Waals surface area contributed by atoms with E-state index < -0.39 is 0 Å². The van der Waals surface area contributed by atoms with Gasteiger partial charge in [0.1, 0.15) is 5.75 Å². The molecule has 4 rings (SSSR count). The molecule has 2 heterocycles. The number of nitrogens with zero attached hydrogens (tertiary/aromatic N) is 1. The Morgan fingerprint density at radius 1 is 1.11 bits per heavy atom. The fourth-order valence-electron chi connectivity index (χ4n) is 2.85. The summed E-state index contributed by atoms with van der Waals surface area (Å²) in [5, 5.41) is 7.51. The Labute approximate surface area is 160 Å². The van der Waals surface area contributed by atoms with E-state index >= 15 is 0 Å². The molecule has 0 atom stereocenters. The fraction of sp³-hybridized carbons (Fsp3) is 0.100. The first-order valence-corrected chi connectivity index (χ1v) is 9.26. The van der Waals surface area contributed by atoms with Crippen molar-refractivity contribution < 1.29 is 14.3 Å². The molecule has 0 spiro atoms. The lowest BCUT2D eigenvalue weighted by molar-refractivity contribution is 0.0993. The largest absolute Gasteiger partial charge is 0.454 e. The van der Waals surface area contributed by atoms with E-state index in [0.717, 1.165) is 4.88 Å². The molecule has 3 aromatic rings. The SMILES string of the molecule is CN1C(=O)c2cc(NC(=O)NCc3cccs3)ccc2Oc2ccccc21. The Kier molecular flexibility index (Phi) is 4.52. The molecule has 136 valence electrons. The molecule has 3 amide bonds. The molecule has 2 N–H and O–H groups in total. The zero-order valence-electron chi connectivity index (χ0n) is 14.6. The summed E-state index contributed by atoms with van der Waals surface area (Å²) in [5.74, 6) is 0.875. The molecule has 0 bridgehead atoms. The molecular formula is C20H17N3O3S. The van der Waals surface area contributed by atoms with Gasteiger partial charge in [-0.25, -0.2) is 4.79 Å². The predicted molar refractivity (Wildman–Crippen MR) is 106 cm³/mol. The number of carbonyl (C=O) groups is 2. The van der Waals surface area contributed by atoms with Crippen LogP contribution < -0.4 is 20.3 Å². The third kappa shape index (κ3) is 3.50. The first kappa shape index (κ1) is 17.1.